The number of fused-ring (bicyclic) bond motifs is 1. The maximum absolute atomic E-state index is 13.1. The Morgan fingerprint density at radius 1 is 1.15 bits per heavy atom. The van der Waals surface area contributed by atoms with Crippen LogP contribution in [-0.2, 0) is 6.54 Å². The lowest BCUT2D eigenvalue weighted by Crippen LogP contribution is -2.43. The van der Waals surface area contributed by atoms with Crippen LogP contribution in [-0.4, -0.2) is 54.1 Å². The lowest BCUT2D eigenvalue weighted by Gasteiger charge is -2.30. The van der Waals surface area contributed by atoms with Crippen LogP contribution in [0.3, 0.4) is 0 Å². The maximum atomic E-state index is 13.1. The minimum absolute atomic E-state index is 0.226. The average Bonchev–Trinajstić information content (AvgIpc) is 3.20. The van der Waals surface area contributed by atoms with Crippen molar-refractivity contribution in [3.05, 3.63) is 72.5 Å². The topological polar surface area (TPSA) is 95.5 Å². The van der Waals surface area contributed by atoms with Crippen LogP contribution in [0, 0.1) is 0 Å². The second kappa shape index (κ2) is 8.87. The lowest BCUT2D eigenvalue weighted by molar-refractivity contribution is 0.102. The summed E-state index contributed by atoms with van der Waals surface area (Å²) in [6, 6.07) is 7.82. The third-order valence-corrected chi connectivity index (χ3v) is 5.92. The Morgan fingerprint density at radius 2 is 2.00 bits per heavy atom. The van der Waals surface area contributed by atoms with E-state index < -0.39 is 0 Å². The summed E-state index contributed by atoms with van der Waals surface area (Å²) >= 11 is 0. The van der Waals surface area contributed by atoms with Crippen molar-refractivity contribution in [3.63, 3.8) is 0 Å². The van der Waals surface area contributed by atoms with Gasteiger partial charge in [-0.15, -0.1) is 0 Å². The van der Waals surface area contributed by atoms with Crippen molar-refractivity contribution >= 4 is 28.8 Å². The number of aromatic nitrogens is 3. The molecule has 0 unspecified atom stereocenters. The first-order valence-electron chi connectivity index (χ1n) is 10.8. The fraction of sp³-hybridized carbons (Fsp3) is 0.250. The molecule has 9 heteroatoms. The van der Waals surface area contributed by atoms with Gasteiger partial charge >= 0.3 is 0 Å². The van der Waals surface area contributed by atoms with Crippen LogP contribution in [0.2, 0.25) is 0 Å². The minimum atomic E-state index is -0.335. The molecule has 2 aromatic heterocycles. The molecule has 2 aliphatic rings. The molecule has 1 amide bonds. The van der Waals surface area contributed by atoms with Gasteiger partial charge in [0, 0.05) is 43.6 Å². The van der Waals surface area contributed by atoms with Gasteiger partial charge in [-0.05, 0) is 23.8 Å². The van der Waals surface area contributed by atoms with E-state index in [-0.39, 0.29) is 11.6 Å². The number of anilines is 3. The highest BCUT2D eigenvalue weighted by Crippen LogP contribution is 2.36. The first-order valence-corrected chi connectivity index (χ1v) is 10.8. The van der Waals surface area contributed by atoms with Crippen molar-refractivity contribution < 1.29 is 9.53 Å². The van der Waals surface area contributed by atoms with Gasteiger partial charge in [-0.25, -0.2) is 4.98 Å². The molecule has 0 radical (unpaired) electrons. The number of nitrogens with zero attached hydrogens (tertiary/aromatic N) is 5. The van der Waals surface area contributed by atoms with Gasteiger partial charge in [0.1, 0.15) is 11.4 Å². The Balaban J connectivity index is 1.36. The van der Waals surface area contributed by atoms with E-state index in [2.05, 4.69) is 37.1 Å². The molecule has 1 aromatic carbocycles. The molecule has 9 nitrogen and oxygen atoms in total. The number of benzene rings is 1. The molecular formula is C24H25N7O2. The first kappa shape index (κ1) is 20.9. The normalized spacial score (nSPS) is 15.4. The Kier molecular flexibility index (Phi) is 5.62. The second-order valence-corrected chi connectivity index (χ2v) is 7.90. The van der Waals surface area contributed by atoms with Crippen molar-refractivity contribution in [2.45, 2.75) is 6.54 Å². The van der Waals surface area contributed by atoms with Crippen LogP contribution in [0.25, 0.3) is 5.70 Å². The summed E-state index contributed by atoms with van der Waals surface area (Å²) in [6.07, 6.45) is 6.51. The number of amides is 1. The number of carbonyl (C=O) groups excluding carboxylic acids is 1. The third kappa shape index (κ3) is 4.10. The molecule has 0 aliphatic carbocycles. The predicted molar refractivity (Wildman–Crippen MR) is 128 cm³/mol. The maximum Gasteiger partial charge on any atom is 0.276 e. The number of ether oxygens (including phenoxy) is 1. The Labute approximate surface area is 192 Å². The number of piperazine rings is 1. The molecule has 0 atom stereocenters. The number of rotatable bonds is 5. The molecule has 0 bridgehead atoms. The summed E-state index contributed by atoms with van der Waals surface area (Å²) in [5.74, 6) is 1.00. The van der Waals surface area contributed by atoms with Gasteiger partial charge in [0.15, 0.2) is 5.82 Å². The number of methoxy groups -OCH3 is 1. The summed E-state index contributed by atoms with van der Waals surface area (Å²) in [4.78, 5) is 30.3. The van der Waals surface area contributed by atoms with E-state index in [1.54, 1.807) is 25.7 Å². The zero-order chi connectivity index (χ0) is 22.8. The van der Waals surface area contributed by atoms with Crippen LogP contribution in [0.15, 0.2) is 55.6 Å². The fourth-order valence-electron chi connectivity index (χ4n) is 4.17. The number of carbonyl (C=O) groups is 1. The van der Waals surface area contributed by atoms with Crippen LogP contribution in [0.1, 0.15) is 21.6 Å². The van der Waals surface area contributed by atoms with Gasteiger partial charge in [0.05, 0.1) is 43.6 Å². The zero-order valence-corrected chi connectivity index (χ0v) is 18.4. The number of hydrogen-bond acceptors (Lipinski definition) is 8. The van der Waals surface area contributed by atoms with Crippen molar-refractivity contribution in [2.24, 2.45) is 0 Å². The van der Waals surface area contributed by atoms with Gasteiger partial charge in [-0.1, -0.05) is 12.6 Å². The van der Waals surface area contributed by atoms with E-state index in [1.165, 1.54) is 6.20 Å². The second-order valence-electron chi connectivity index (χ2n) is 7.90. The number of hydrogen-bond donors (Lipinski definition) is 2. The highest BCUT2D eigenvalue weighted by molar-refractivity contribution is 6.04. The summed E-state index contributed by atoms with van der Waals surface area (Å²) in [7, 11) is 1.64. The zero-order valence-electron chi connectivity index (χ0n) is 18.4. The summed E-state index contributed by atoms with van der Waals surface area (Å²) in [5.41, 5.74) is 4.74. The molecule has 2 N–H and O–H groups in total. The molecule has 1 saturated heterocycles. The highest BCUT2D eigenvalue weighted by Gasteiger charge is 2.26. The van der Waals surface area contributed by atoms with Crippen molar-refractivity contribution in [1.82, 2.24) is 20.3 Å². The van der Waals surface area contributed by atoms with Gasteiger partial charge in [0.2, 0.25) is 0 Å². The van der Waals surface area contributed by atoms with Gasteiger partial charge in [-0.3, -0.25) is 14.8 Å². The van der Waals surface area contributed by atoms with E-state index in [4.69, 9.17) is 4.74 Å². The number of nitrogens with one attached hydrogen (secondary N) is 2. The molecular weight excluding hydrogens is 418 g/mol. The van der Waals surface area contributed by atoms with Crippen LogP contribution < -0.4 is 25.2 Å². The van der Waals surface area contributed by atoms with Crippen molar-refractivity contribution in [2.75, 3.05) is 48.4 Å². The highest BCUT2D eigenvalue weighted by atomic mass is 16.5. The summed E-state index contributed by atoms with van der Waals surface area (Å²) in [5, 5.41) is 6.30. The van der Waals surface area contributed by atoms with E-state index in [0.29, 0.717) is 18.1 Å². The number of pyridine rings is 1. The molecule has 33 heavy (non-hydrogen) atoms. The molecule has 0 saturated carbocycles. The minimum Gasteiger partial charge on any atom is -0.497 e. The Hall–Kier alpha value is -3.98. The van der Waals surface area contributed by atoms with Crippen molar-refractivity contribution in [3.8, 4) is 5.75 Å². The van der Waals surface area contributed by atoms with E-state index in [1.807, 2.05) is 29.2 Å². The fourth-order valence-corrected chi connectivity index (χ4v) is 4.17. The smallest absolute Gasteiger partial charge is 0.276 e. The molecule has 5 rings (SSSR count). The quantitative estimate of drug-likeness (QED) is 0.621. The molecule has 3 aromatic rings. The molecule has 0 spiro atoms. The molecule has 4 heterocycles. The standard InChI is InChI=1S/C24H25N7O2/c1-16-19-11-18(33-2)4-3-17(19)15-31(16)23-14-27-13-21(28-23)24(32)29-20-12-26-6-5-22(20)30-9-7-25-8-10-30/h3-6,11-14,25H,1,7-10,15H2,2H3,(H,29,32). The first-order chi connectivity index (χ1) is 16.1. The van der Waals surface area contributed by atoms with E-state index >= 15 is 0 Å². The summed E-state index contributed by atoms with van der Waals surface area (Å²) in [6.45, 7) is 8.35. The van der Waals surface area contributed by atoms with E-state index in [9.17, 15) is 4.79 Å². The Morgan fingerprint density at radius 3 is 2.82 bits per heavy atom. The third-order valence-electron chi connectivity index (χ3n) is 5.92. The molecule has 1 fully saturated rings. The van der Waals surface area contributed by atoms with Crippen LogP contribution in [0.4, 0.5) is 17.2 Å². The van der Waals surface area contributed by atoms with Crippen LogP contribution >= 0.6 is 0 Å². The average molecular weight is 444 g/mol. The molecule has 168 valence electrons. The van der Waals surface area contributed by atoms with Crippen LogP contribution in [0.5, 0.6) is 5.75 Å². The Bertz CT molecular complexity index is 1210. The van der Waals surface area contributed by atoms with Gasteiger partial charge < -0.3 is 25.2 Å². The van der Waals surface area contributed by atoms with Gasteiger partial charge in [-0.2, -0.15) is 0 Å². The molecule has 2 aliphatic heterocycles. The predicted octanol–water partition coefficient (Wildman–Crippen LogP) is 2.53. The van der Waals surface area contributed by atoms with E-state index in [0.717, 1.165) is 54.4 Å². The monoisotopic (exact) mass is 443 g/mol. The summed E-state index contributed by atoms with van der Waals surface area (Å²) < 4.78 is 5.34. The van der Waals surface area contributed by atoms with Crippen molar-refractivity contribution in [1.29, 1.82) is 0 Å². The van der Waals surface area contributed by atoms with Gasteiger partial charge in [0.25, 0.3) is 5.91 Å². The SMILES string of the molecule is C=C1c2cc(OC)ccc2CN1c1cncc(C(=O)Nc2cnccc2N2CCNCC2)n1. The lowest BCUT2D eigenvalue weighted by atomic mass is 10.1. The largest absolute Gasteiger partial charge is 0.497 e.